The van der Waals surface area contributed by atoms with Crippen LogP contribution < -0.4 is 5.32 Å². The van der Waals surface area contributed by atoms with Crippen molar-refractivity contribution in [3.8, 4) is 0 Å². The number of hydrogen-bond acceptors (Lipinski definition) is 5. The van der Waals surface area contributed by atoms with Crippen LogP contribution in [-0.2, 0) is 0 Å². The molecule has 0 heterocycles. The molecule has 1 aliphatic carbocycles. The van der Waals surface area contributed by atoms with Gasteiger partial charge in [0, 0.05) is 12.1 Å². The molecule has 2 unspecified atom stereocenters. The summed E-state index contributed by atoms with van der Waals surface area (Å²) in [5, 5.41) is 33.1. The molecule has 1 aromatic carbocycles. The van der Waals surface area contributed by atoms with Gasteiger partial charge in [-0.05, 0) is 18.9 Å². The van der Waals surface area contributed by atoms with E-state index in [1.165, 1.54) is 12.1 Å². The van der Waals surface area contributed by atoms with Crippen LogP contribution >= 0.6 is 0 Å². The van der Waals surface area contributed by atoms with Crippen LogP contribution in [0.4, 0.5) is 11.4 Å². The van der Waals surface area contributed by atoms with Gasteiger partial charge in [0.2, 0.25) is 0 Å². The van der Waals surface area contributed by atoms with Crippen molar-refractivity contribution in [3.05, 3.63) is 33.9 Å². The second-order valence-electron chi connectivity index (χ2n) is 5.25. The number of aliphatic hydroxyl groups is 1. The van der Waals surface area contributed by atoms with E-state index in [1.54, 1.807) is 0 Å². The Kier molecular flexibility index (Phi) is 4.74. The van der Waals surface area contributed by atoms with E-state index < -0.39 is 17.0 Å². The molecule has 114 valence electrons. The van der Waals surface area contributed by atoms with Gasteiger partial charge in [0.1, 0.15) is 0 Å². The van der Waals surface area contributed by atoms with Crippen molar-refractivity contribution in [2.45, 2.75) is 44.2 Å². The highest BCUT2D eigenvalue weighted by atomic mass is 16.6. The van der Waals surface area contributed by atoms with E-state index in [2.05, 4.69) is 5.32 Å². The molecule has 3 N–H and O–H groups in total. The van der Waals surface area contributed by atoms with Crippen LogP contribution in [0.5, 0.6) is 0 Å². The summed E-state index contributed by atoms with van der Waals surface area (Å²) in [5.41, 5.74) is -0.0229. The standard InChI is InChI=1S/C14H18N2O5/c17-13-5-3-1-2-4-11(13)15-12-8-9(16(20)21)6-7-10(12)14(18)19/h6-8,11,13,15,17H,1-5H2,(H,18,19). The van der Waals surface area contributed by atoms with Gasteiger partial charge >= 0.3 is 5.97 Å². The molecule has 0 aromatic heterocycles. The first kappa shape index (κ1) is 15.2. The van der Waals surface area contributed by atoms with Gasteiger partial charge in [0.15, 0.2) is 0 Å². The summed E-state index contributed by atoms with van der Waals surface area (Å²) >= 11 is 0. The van der Waals surface area contributed by atoms with Gasteiger partial charge in [-0.2, -0.15) is 0 Å². The molecule has 1 aliphatic rings. The minimum absolute atomic E-state index is 0.0305. The Balaban J connectivity index is 2.29. The number of hydrogen-bond donors (Lipinski definition) is 3. The number of aromatic carboxylic acids is 1. The van der Waals surface area contributed by atoms with Crippen molar-refractivity contribution >= 4 is 17.3 Å². The van der Waals surface area contributed by atoms with Crippen molar-refractivity contribution in [1.82, 2.24) is 0 Å². The average Bonchev–Trinajstić information content (AvgIpc) is 2.64. The zero-order valence-electron chi connectivity index (χ0n) is 11.5. The molecular formula is C14H18N2O5. The van der Waals surface area contributed by atoms with Gasteiger partial charge in [-0.25, -0.2) is 4.79 Å². The normalized spacial score (nSPS) is 22.3. The summed E-state index contributed by atoms with van der Waals surface area (Å²) in [6.07, 6.45) is 3.67. The number of non-ortho nitro benzene ring substituents is 1. The highest BCUT2D eigenvalue weighted by Gasteiger charge is 2.24. The molecule has 2 rings (SSSR count). The van der Waals surface area contributed by atoms with E-state index in [1.807, 2.05) is 0 Å². The highest BCUT2D eigenvalue weighted by Crippen LogP contribution is 2.27. The third-order valence-electron chi connectivity index (χ3n) is 3.76. The predicted molar refractivity (Wildman–Crippen MR) is 76.6 cm³/mol. The molecular weight excluding hydrogens is 276 g/mol. The monoisotopic (exact) mass is 294 g/mol. The summed E-state index contributed by atoms with van der Waals surface area (Å²) in [4.78, 5) is 21.5. The topological polar surface area (TPSA) is 113 Å². The molecule has 7 nitrogen and oxygen atoms in total. The summed E-state index contributed by atoms with van der Waals surface area (Å²) in [5.74, 6) is -1.16. The number of rotatable bonds is 4. The Morgan fingerprint density at radius 1 is 1.29 bits per heavy atom. The lowest BCUT2D eigenvalue weighted by molar-refractivity contribution is -0.384. The van der Waals surface area contributed by atoms with Gasteiger partial charge in [0.05, 0.1) is 28.3 Å². The smallest absolute Gasteiger partial charge is 0.337 e. The Labute approximate surface area is 121 Å². The number of nitro groups is 1. The Morgan fingerprint density at radius 2 is 2.00 bits per heavy atom. The fraction of sp³-hybridized carbons (Fsp3) is 0.500. The second kappa shape index (κ2) is 6.53. The fourth-order valence-electron chi connectivity index (χ4n) is 2.61. The SMILES string of the molecule is O=C(O)c1ccc([N+](=O)[O-])cc1NC1CCCCCC1O. The lowest BCUT2D eigenvalue weighted by Crippen LogP contribution is -2.33. The number of carbonyl (C=O) groups is 1. The van der Waals surface area contributed by atoms with Crippen LogP contribution in [0, 0.1) is 10.1 Å². The maximum atomic E-state index is 11.2. The van der Waals surface area contributed by atoms with E-state index in [0.717, 1.165) is 25.3 Å². The van der Waals surface area contributed by atoms with Crippen molar-refractivity contribution in [2.75, 3.05) is 5.32 Å². The minimum atomic E-state index is -1.16. The first-order chi connectivity index (χ1) is 9.99. The van der Waals surface area contributed by atoms with Crippen molar-refractivity contribution in [1.29, 1.82) is 0 Å². The number of nitrogens with zero attached hydrogens (tertiary/aromatic N) is 1. The number of nitro benzene ring substituents is 1. The number of carboxylic acid groups (broad SMARTS) is 1. The van der Waals surface area contributed by atoms with Crippen LogP contribution in [-0.4, -0.2) is 33.3 Å². The number of benzene rings is 1. The molecule has 21 heavy (non-hydrogen) atoms. The predicted octanol–water partition coefficient (Wildman–Crippen LogP) is 2.40. The molecule has 1 saturated carbocycles. The number of carboxylic acids is 1. The van der Waals surface area contributed by atoms with Gasteiger partial charge in [-0.1, -0.05) is 19.3 Å². The Hall–Kier alpha value is -2.15. The number of nitrogens with one attached hydrogen (secondary N) is 1. The quantitative estimate of drug-likeness (QED) is 0.446. The summed E-state index contributed by atoms with van der Waals surface area (Å²) in [6, 6.07) is 3.30. The first-order valence-corrected chi connectivity index (χ1v) is 6.95. The zero-order valence-corrected chi connectivity index (χ0v) is 11.5. The molecule has 0 spiro atoms. The summed E-state index contributed by atoms with van der Waals surface area (Å²) < 4.78 is 0. The second-order valence-corrected chi connectivity index (χ2v) is 5.25. The van der Waals surface area contributed by atoms with E-state index in [0.29, 0.717) is 12.8 Å². The molecule has 0 bridgehead atoms. The highest BCUT2D eigenvalue weighted by molar-refractivity contribution is 5.94. The molecule has 0 amide bonds. The van der Waals surface area contributed by atoms with Gasteiger partial charge in [-0.15, -0.1) is 0 Å². The van der Waals surface area contributed by atoms with Gasteiger partial charge < -0.3 is 15.5 Å². The lowest BCUT2D eigenvalue weighted by Gasteiger charge is -2.23. The molecule has 7 heteroatoms. The first-order valence-electron chi connectivity index (χ1n) is 6.95. The number of aliphatic hydroxyl groups excluding tert-OH is 1. The van der Waals surface area contributed by atoms with Crippen LogP contribution in [0.1, 0.15) is 42.5 Å². The van der Waals surface area contributed by atoms with Crippen LogP contribution in [0.3, 0.4) is 0 Å². The maximum absolute atomic E-state index is 11.2. The largest absolute Gasteiger partial charge is 0.478 e. The number of anilines is 1. The van der Waals surface area contributed by atoms with E-state index >= 15 is 0 Å². The summed E-state index contributed by atoms with van der Waals surface area (Å²) in [6.45, 7) is 0. The van der Waals surface area contributed by atoms with E-state index in [4.69, 9.17) is 0 Å². The zero-order chi connectivity index (χ0) is 15.4. The molecule has 0 aliphatic heterocycles. The lowest BCUT2D eigenvalue weighted by atomic mass is 10.0. The molecule has 2 atom stereocenters. The molecule has 0 saturated heterocycles. The third-order valence-corrected chi connectivity index (χ3v) is 3.76. The Bertz CT molecular complexity index is 546. The maximum Gasteiger partial charge on any atom is 0.337 e. The van der Waals surface area contributed by atoms with Gasteiger partial charge in [-0.3, -0.25) is 10.1 Å². The third kappa shape index (κ3) is 3.69. The molecule has 1 aromatic rings. The summed E-state index contributed by atoms with van der Waals surface area (Å²) in [7, 11) is 0. The van der Waals surface area contributed by atoms with Crippen LogP contribution in [0.25, 0.3) is 0 Å². The van der Waals surface area contributed by atoms with Crippen molar-refractivity contribution in [2.24, 2.45) is 0 Å². The molecule has 0 radical (unpaired) electrons. The molecule has 1 fully saturated rings. The van der Waals surface area contributed by atoms with Crippen LogP contribution in [0.2, 0.25) is 0 Å². The fourth-order valence-corrected chi connectivity index (χ4v) is 2.61. The van der Waals surface area contributed by atoms with Gasteiger partial charge in [0.25, 0.3) is 5.69 Å². The van der Waals surface area contributed by atoms with E-state index in [9.17, 15) is 25.1 Å². The Morgan fingerprint density at radius 3 is 2.67 bits per heavy atom. The average molecular weight is 294 g/mol. The van der Waals surface area contributed by atoms with Crippen molar-refractivity contribution in [3.63, 3.8) is 0 Å². The van der Waals surface area contributed by atoms with Crippen molar-refractivity contribution < 1.29 is 19.9 Å². The van der Waals surface area contributed by atoms with Crippen LogP contribution in [0.15, 0.2) is 18.2 Å². The minimum Gasteiger partial charge on any atom is -0.478 e. The van der Waals surface area contributed by atoms with E-state index in [-0.39, 0.29) is 23.0 Å².